The van der Waals surface area contributed by atoms with E-state index in [0.29, 0.717) is 5.69 Å². The van der Waals surface area contributed by atoms with E-state index in [0.717, 1.165) is 33.3 Å². The predicted molar refractivity (Wildman–Crippen MR) is 123 cm³/mol. The van der Waals surface area contributed by atoms with Gasteiger partial charge in [0, 0.05) is 21.5 Å². The van der Waals surface area contributed by atoms with Crippen LogP contribution in [-0.2, 0) is 4.79 Å². The van der Waals surface area contributed by atoms with Crippen molar-refractivity contribution in [3.05, 3.63) is 113 Å². The van der Waals surface area contributed by atoms with Gasteiger partial charge in [-0.25, -0.2) is 0 Å². The Morgan fingerprint density at radius 2 is 1.81 bits per heavy atom. The molecule has 0 aliphatic carbocycles. The van der Waals surface area contributed by atoms with Crippen molar-refractivity contribution in [2.24, 2.45) is 0 Å². The normalized spacial score (nSPS) is 11.7. The Kier molecular flexibility index (Phi) is 5.62. The van der Waals surface area contributed by atoms with E-state index in [4.69, 9.17) is 0 Å². The third-order valence-electron chi connectivity index (χ3n) is 5.23. The van der Waals surface area contributed by atoms with Crippen LogP contribution in [0.2, 0.25) is 0 Å². The Morgan fingerprint density at radius 1 is 1.06 bits per heavy atom. The number of aromatic amines is 1. The fourth-order valence-electron chi connectivity index (χ4n) is 3.90. The first-order chi connectivity index (χ1) is 15.1. The van der Waals surface area contributed by atoms with Crippen LogP contribution in [0, 0.1) is 10.1 Å². The lowest BCUT2D eigenvalue weighted by Crippen LogP contribution is -2.15. The Morgan fingerprint density at radius 3 is 2.55 bits per heavy atom. The number of nitro groups is 1. The molecule has 154 valence electrons. The van der Waals surface area contributed by atoms with Crippen LogP contribution < -0.4 is 5.32 Å². The molecule has 1 heterocycles. The van der Waals surface area contributed by atoms with Gasteiger partial charge in [0.05, 0.1) is 11.6 Å². The van der Waals surface area contributed by atoms with E-state index < -0.39 is 5.92 Å². The lowest BCUT2D eigenvalue weighted by Gasteiger charge is -2.17. The summed E-state index contributed by atoms with van der Waals surface area (Å²) in [7, 11) is 0. The van der Waals surface area contributed by atoms with Crippen molar-refractivity contribution in [2.75, 3.05) is 11.9 Å². The zero-order chi connectivity index (χ0) is 21.8. The van der Waals surface area contributed by atoms with Gasteiger partial charge in [-0.2, -0.15) is 0 Å². The standard InChI is InChI=1S/C25H21N3O3/c1-2-23(29)26-19-12-8-11-18(15-19)21(16-28(30)31)24-20-13-6-7-14-22(20)27-25(24)17-9-4-3-5-10-17/h2-15,21,27H,1,16H2,(H,26,29). The molecule has 0 fully saturated rings. The molecule has 31 heavy (non-hydrogen) atoms. The number of aromatic nitrogens is 1. The number of para-hydroxylation sites is 1. The molecule has 0 spiro atoms. The Balaban J connectivity index is 1.92. The summed E-state index contributed by atoms with van der Waals surface area (Å²) in [6.07, 6.45) is 1.19. The Hall–Kier alpha value is -4.19. The minimum absolute atomic E-state index is 0.277. The summed E-state index contributed by atoms with van der Waals surface area (Å²) in [5.74, 6) is -0.845. The number of hydrogen-bond acceptors (Lipinski definition) is 3. The second-order valence-electron chi connectivity index (χ2n) is 7.21. The minimum atomic E-state index is -0.512. The SMILES string of the molecule is C=CC(=O)Nc1cccc(C(C[N+](=O)[O-])c2c(-c3ccccc3)[nH]c3ccccc23)c1. The van der Waals surface area contributed by atoms with Crippen LogP contribution in [0.3, 0.4) is 0 Å². The van der Waals surface area contributed by atoms with Crippen LogP contribution >= 0.6 is 0 Å². The molecule has 4 rings (SSSR count). The highest BCUT2D eigenvalue weighted by molar-refractivity contribution is 5.99. The van der Waals surface area contributed by atoms with Gasteiger partial charge < -0.3 is 10.3 Å². The number of rotatable bonds is 7. The maximum atomic E-state index is 11.7. The molecule has 1 atom stereocenters. The summed E-state index contributed by atoms with van der Waals surface area (Å²) in [5, 5.41) is 15.4. The average Bonchev–Trinajstić information content (AvgIpc) is 3.17. The van der Waals surface area contributed by atoms with E-state index in [9.17, 15) is 14.9 Å². The monoisotopic (exact) mass is 411 g/mol. The number of nitrogens with zero attached hydrogens (tertiary/aromatic N) is 1. The molecule has 0 saturated carbocycles. The summed E-state index contributed by atoms with van der Waals surface area (Å²) in [4.78, 5) is 26.6. The number of amides is 1. The zero-order valence-electron chi connectivity index (χ0n) is 16.7. The van der Waals surface area contributed by atoms with Gasteiger partial charge in [-0.1, -0.05) is 67.2 Å². The summed E-state index contributed by atoms with van der Waals surface area (Å²) in [6.45, 7) is 3.19. The van der Waals surface area contributed by atoms with Gasteiger partial charge in [-0.3, -0.25) is 14.9 Å². The third kappa shape index (κ3) is 4.23. The van der Waals surface area contributed by atoms with Crippen LogP contribution in [0.25, 0.3) is 22.2 Å². The first-order valence-corrected chi connectivity index (χ1v) is 9.88. The largest absolute Gasteiger partial charge is 0.354 e. The third-order valence-corrected chi connectivity index (χ3v) is 5.23. The molecule has 4 aromatic rings. The van der Waals surface area contributed by atoms with Crippen LogP contribution in [0.1, 0.15) is 17.0 Å². The van der Waals surface area contributed by atoms with Gasteiger partial charge in [0.1, 0.15) is 0 Å². The molecule has 2 N–H and O–H groups in total. The molecule has 0 radical (unpaired) electrons. The molecule has 6 nitrogen and oxygen atoms in total. The van der Waals surface area contributed by atoms with Crippen LogP contribution in [0.5, 0.6) is 0 Å². The molecule has 1 unspecified atom stereocenters. The molecule has 0 saturated heterocycles. The van der Waals surface area contributed by atoms with Crippen molar-refractivity contribution in [1.29, 1.82) is 0 Å². The number of benzene rings is 3. The minimum Gasteiger partial charge on any atom is -0.354 e. The molecule has 1 aromatic heterocycles. The van der Waals surface area contributed by atoms with Gasteiger partial charge in [-0.15, -0.1) is 0 Å². The lowest BCUT2D eigenvalue weighted by molar-refractivity contribution is -0.481. The second kappa shape index (κ2) is 8.67. The van der Waals surface area contributed by atoms with Crippen molar-refractivity contribution in [1.82, 2.24) is 4.98 Å². The van der Waals surface area contributed by atoms with Crippen LogP contribution in [-0.4, -0.2) is 22.4 Å². The quantitative estimate of drug-likeness (QED) is 0.243. The van der Waals surface area contributed by atoms with Crippen molar-refractivity contribution in [3.8, 4) is 11.3 Å². The molecule has 0 aliphatic heterocycles. The van der Waals surface area contributed by atoms with Crippen molar-refractivity contribution < 1.29 is 9.72 Å². The lowest BCUT2D eigenvalue weighted by atomic mass is 9.87. The average molecular weight is 411 g/mol. The summed E-state index contributed by atoms with van der Waals surface area (Å²) < 4.78 is 0. The van der Waals surface area contributed by atoms with E-state index in [1.54, 1.807) is 18.2 Å². The van der Waals surface area contributed by atoms with Gasteiger partial charge in [-0.05, 0) is 41.0 Å². The number of fused-ring (bicyclic) bond motifs is 1. The second-order valence-corrected chi connectivity index (χ2v) is 7.21. The topological polar surface area (TPSA) is 88.0 Å². The molecule has 6 heteroatoms. The van der Waals surface area contributed by atoms with Crippen LogP contribution in [0.15, 0.2) is 91.5 Å². The number of hydrogen-bond donors (Lipinski definition) is 2. The fourth-order valence-corrected chi connectivity index (χ4v) is 3.90. The summed E-state index contributed by atoms with van der Waals surface area (Å²) in [6, 6.07) is 24.8. The molecular weight excluding hydrogens is 390 g/mol. The first kappa shape index (κ1) is 20.1. The van der Waals surface area contributed by atoms with Crippen LogP contribution in [0.4, 0.5) is 5.69 Å². The van der Waals surface area contributed by atoms with E-state index in [1.807, 2.05) is 60.7 Å². The number of carbonyl (C=O) groups is 1. The van der Waals surface area contributed by atoms with Crippen molar-refractivity contribution in [2.45, 2.75) is 5.92 Å². The van der Waals surface area contributed by atoms with Crippen molar-refractivity contribution >= 4 is 22.5 Å². The maximum Gasteiger partial charge on any atom is 0.247 e. The first-order valence-electron chi connectivity index (χ1n) is 9.88. The Bertz CT molecular complexity index is 1260. The number of carbonyl (C=O) groups excluding carboxylic acids is 1. The molecular formula is C25H21N3O3. The summed E-state index contributed by atoms with van der Waals surface area (Å²) in [5.41, 5.74) is 4.91. The highest BCUT2D eigenvalue weighted by atomic mass is 16.6. The molecule has 0 aliphatic rings. The molecule has 3 aromatic carbocycles. The van der Waals surface area contributed by atoms with Gasteiger partial charge in [0.2, 0.25) is 12.5 Å². The number of nitrogens with one attached hydrogen (secondary N) is 2. The van der Waals surface area contributed by atoms with Gasteiger partial charge in [0.25, 0.3) is 0 Å². The Labute approximate surface area is 179 Å². The molecule has 1 amide bonds. The summed E-state index contributed by atoms with van der Waals surface area (Å²) >= 11 is 0. The highest BCUT2D eigenvalue weighted by Crippen LogP contribution is 2.39. The fraction of sp³-hybridized carbons (Fsp3) is 0.0800. The van der Waals surface area contributed by atoms with Crippen molar-refractivity contribution in [3.63, 3.8) is 0 Å². The maximum absolute atomic E-state index is 11.7. The number of anilines is 1. The van der Waals surface area contributed by atoms with Gasteiger partial charge in [0.15, 0.2) is 0 Å². The highest BCUT2D eigenvalue weighted by Gasteiger charge is 2.27. The van der Waals surface area contributed by atoms with Gasteiger partial charge >= 0.3 is 0 Å². The van der Waals surface area contributed by atoms with E-state index >= 15 is 0 Å². The number of H-pyrrole nitrogens is 1. The van der Waals surface area contributed by atoms with E-state index in [2.05, 4.69) is 16.9 Å². The zero-order valence-corrected chi connectivity index (χ0v) is 16.7. The predicted octanol–water partition coefficient (Wildman–Crippen LogP) is 5.37. The molecule has 0 bridgehead atoms. The van der Waals surface area contributed by atoms with E-state index in [-0.39, 0.29) is 17.4 Å². The smallest absolute Gasteiger partial charge is 0.247 e. The van der Waals surface area contributed by atoms with E-state index in [1.165, 1.54) is 6.08 Å².